The summed E-state index contributed by atoms with van der Waals surface area (Å²) < 4.78 is 0. The highest BCUT2D eigenvalue weighted by Crippen LogP contribution is 2.22. The van der Waals surface area contributed by atoms with Crippen molar-refractivity contribution in [3.63, 3.8) is 0 Å². The Balaban J connectivity index is 2.84. The van der Waals surface area contributed by atoms with E-state index in [1.807, 2.05) is 6.07 Å². The summed E-state index contributed by atoms with van der Waals surface area (Å²) >= 11 is 4.68. The van der Waals surface area contributed by atoms with Crippen LogP contribution in [0.3, 0.4) is 0 Å². The maximum Gasteiger partial charge on any atom is 0.152 e. The Kier molecular flexibility index (Phi) is 3.47. The molecule has 1 aliphatic rings. The van der Waals surface area contributed by atoms with Crippen LogP contribution in [0.4, 0.5) is 0 Å². The summed E-state index contributed by atoms with van der Waals surface area (Å²) in [6.07, 6.45) is 4.87. The maximum atomic E-state index is 9.27. The number of hydrogen-bond acceptors (Lipinski definition) is 4. The Bertz CT molecular complexity index is 416. The molecule has 1 rings (SSSR count). The highest BCUT2D eigenvalue weighted by Gasteiger charge is 2.14. The van der Waals surface area contributed by atoms with Crippen molar-refractivity contribution < 1.29 is 10.2 Å². The zero-order chi connectivity index (χ0) is 11.4. The highest BCUT2D eigenvalue weighted by molar-refractivity contribution is 7.80. The molecule has 0 spiro atoms. The van der Waals surface area contributed by atoms with Crippen LogP contribution in [0, 0.1) is 17.2 Å². The third kappa shape index (κ3) is 2.82. The Morgan fingerprint density at radius 1 is 1.67 bits per heavy atom. The monoisotopic (exact) mass is 222 g/mol. The van der Waals surface area contributed by atoms with Gasteiger partial charge in [0.1, 0.15) is 16.8 Å². The summed E-state index contributed by atoms with van der Waals surface area (Å²) in [5, 5.41) is 27.1. The van der Waals surface area contributed by atoms with Crippen LogP contribution in [-0.4, -0.2) is 15.2 Å². The van der Waals surface area contributed by atoms with Crippen molar-refractivity contribution in [2.45, 2.75) is 6.42 Å². The standard InChI is InChI=1S/C10H10N2O2S/c11-5-7(10(12)15)3-6-1-2-8(13)9(14)4-6/h1-3,6,13-14H,4H2,(H2,12,15)/b7-3+. The minimum Gasteiger partial charge on any atom is -0.508 e. The predicted octanol–water partition coefficient (Wildman–Crippen LogP) is 1.63. The van der Waals surface area contributed by atoms with E-state index in [-0.39, 0.29) is 34.4 Å². The molecule has 0 saturated heterocycles. The molecule has 15 heavy (non-hydrogen) atoms. The molecule has 0 amide bonds. The van der Waals surface area contributed by atoms with Gasteiger partial charge in [-0.3, -0.25) is 0 Å². The number of rotatable bonds is 2. The molecule has 0 fully saturated rings. The van der Waals surface area contributed by atoms with Crippen molar-refractivity contribution in [3.05, 3.63) is 35.3 Å². The molecule has 1 unspecified atom stereocenters. The van der Waals surface area contributed by atoms with E-state index in [0.717, 1.165) is 0 Å². The lowest BCUT2D eigenvalue weighted by atomic mass is 9.96. The molecule has 0 saturated carbocycles. The zero-order valence-electron chi connectivity index (χ0n) is 7.84. The van der Waals surface area contributed by atoms with E-state index in [1.165, 1.54) is 6.08 Å². The fourth-order valence-corrected chi connectivity index (χ4v) is 1.32. The molecular formula is C10H10N2O2S. The topological polar surface area (TPSA) is 90.3 Å². The summed E-state index contributed by atoms with van der Waals surface area (Å²) in [6, 6.07) is 1.88. The summed E-state index contributed by atoms with van der Waals surface area (Å²) in [6.45, 7) is 0. The number of thiocarbonyl (C=S) groups is 1. The SMILES string of the molecule is N#C/C(=C\C1C=CC(O)=C(O)C1)C(N)=S. The van der Waals surface area contributed by atoms with Crippen molar-refractivity contribution in [1.82, 2.24) is 0 Å². The third-order valence-corrected chi connectivity index (χ3v) is 2.21. The van der Waals surface area contributed by atoms with Gasteiger partial charge in [-0.15, -0.1) is 0 Å². The smallest absolute Gasteiger partial charge is 0.152 e. The molecule has 0 bridgehead atoms. The quantitative estimate of drug-likeness (QED) is 0.375. The molecule has 0 aromatic carbocycles. The number of aliphatic hydroxyl groups is 2. The van der Waals surface area contributed by atoms with Crippen LogP contribution in [0.5, 0.6) is 0 Å². The van der Waals surface area contributed by atoms with Crippen LogP contribution < -0.4 is 5.73 Å². The van der Waals surface area contributed by atoms with Gasteiger partial charge in [-0.2, -0.15) is 5.26 Å². The summed E-state index contributed by atoms with van der Waals surface area (Å²) in [7, 11) is 0. The predicted molar refractivity (Wildman–Crippen MR) is 60.0 cm³/mol. The second-order valence-corrected chi connectivity index (χ2v) is 3.56. The molecule has 0 radical (unpaired) electrons. The fourth-order valence-electron chi connectivity index (χ4n) is 1.21. The van der Waals surface area contributed by atoms with Crippen molar-refractivity contribution in [3.8, 4) is 6.07 Å². The number of nitrogens with two attached hydrogens (primary N) is 1. The molecule has 1 atom stereocenters. The Morgan fingerprint density at radius 2 is 2.33 bits per heavy atom. The molecule has 0 aromatic heterocycles. The van der Waals surface area contributed by atoms with E-state index < -0.39 is 0 Å². The minimum absolute atomic E-state index is 0.0316. The van der Waals surface area contributed by atoms with Gasteiger partial charge >= 0.3 is 0 Å². The Labute approximate surface area is 92.6 Å². The first-order chi connectivity index (χ1) is 7.04. The molecule has 4 N–H and O–H groups in total. The van der Waals surface area contributed by atoms with Crippen molar-refractivity contribution >= 4 is 17.2 Å². The van der Waals surface area contributed by atoms with Gasteiger partial charge in [0, 0.05) is 12.3 Å². The number of hydrogen-bond donors (Lipinski definition) is 3. The van der Waals surface area contributed by atoms with Gasteiger partial charge in [0.2, 0.25) is 0 Å². The highest BCUT2D eigenvalue weighted by atomic mass is 32.1. The Morgan fingerprint density at radius 3 is 2.80 bits per heavy atom. The van der Waals surface area contributed by atoms with Crippen LogP contribution in [0.1, 0.15) is 6.42 Å². The van der Waals surface area contributed by atoms with E-state index in [0.29, 0.717) is 0 Å². The van der Waals surface area contributed by atoms with Crippen LogP contribution in [-0.2, 0) is 0 Å². The number of nitriles is 1. The Hall–Kier alpha value is -1.80. The van der Waals surface area contributed by atoms with Gasteiger partial charge in [-0.25, -0.2) is 0 Å². The second-order valence-electron chi connectivity index (χ2n) is 3.12. The molecule has 0 aliphatic heterocycles. The lowest BCUT2D eigenvalue weighted by Crippen LogP contribution is -2.12. The first-order valence-corrected chi connectivity index (χ1v) is 4.66. The van der Waals surface area contributed by atoms with Crippen LogP contribution in [0.25, 0.3) is 0 Å². The average Bonchev–Trinajstić information content (AvgIpc) is 2.19. The maximum absolute atomic E-state index is 9.27. The van der Waals surface area contributed by atoms with E-state index in [1.54, 1.807) is 12.2 Å². The van der Waals surface area contributed by atoms with Gasteiger partial charge in [0.25, 0.3) is 0 Å². The van der Waals surface area contributed by atoms with Crippen molar-refractivity contribution in [2.75, 3.05) is 0 Å². The fraction of sp³-hybridized carbons (Fsp3) is 0.200. The number of nitrogens with zero attached hydrogens (tertiary/aromatic N) is 1. The summed E-state index contributed by atoms with van der Waals surface area (Å²) in [5.41, 5.74) is 5.54. The van der Waals surface area contributed by atoms with Gasteiger partial charge in [-0.05, 0) is 6.08 Å². The zero-order valence-corrected chi connectivity index (χ0v) is 8.66. The number of allylic oxidation sites excluding steroid dienone is 4. The molecule has 0 heterocycles. The average molecular weight is 222 g/mol. The molecule has 78 valence electrons. The molecule has 4 nitrogen and oxygen atoms in total. The van der Waals surface area contributed by atoms with E-state index >= 15 is 0 Å². The molecular weight excluding hydrogens is 212 g/mol. The molecule has 5 heteroatoms. The van der Waals surface area contributed by atoms with Crippen LogP contribution >= 0.6 is 12.2 Å². The van der Waals surface area contributed by atoms with Gasteiger partial charge in [0.05, 0.1) is 5.57 Å². The summed E-state index contributed by atoms with van der Waals surface area (Å²) in [4.78, 5) is 0.0316. The largest absolute Gasteiger partial charge is 0.508 e. The lowest BCUT2D eigenvalue weighted by molar-refractivity contribution is 0.310. The van der Waals surface area contributed by atoms with Crippen molar-refractivity contribution in [1.29, 1.82) is 5.26 Å². The molecule has 1 aliphatic carbocycles. The van der Waals surface area contributed by atoms with Gasteiger partial charge < -0.3 is 15.9 Å². The van der Waals surface area contributed by atoms with Crippen LogP contribution in [0.15, 0.2) is 35.3 Å². The lowest BCUT2D eigenvalue weighted by Gasteiger charge is -2.13. The van der Waals surface area contributed by atoms with Crippen molar-refractivity contribution in [2.24, 2.45) is 11.7 Å². The van der Waals surface area contributed by atoms with Gasteiger partial charge in [0.15, 0.2) is 5.76 Å². The van der Waals surface area contributed by atoms with Gasteiger partial charge in [-0.1, -0.05) is 24.4 Å². The minimum atomic E-state index is -0.169. The first kappa shape index (κ1) is 11.3. The second kappa shape index (κ2) is 4.62. The third-order valence-electron chi connectivity index (χ3n) is 1.99. The number of aliphatic hydroxyl groups excluding tert-OH is 2. The summed E-state index contributed by atoms with van der Waals surface area (Å²) in [5.74, 6) is -0.412. The first-order valence-electron chi connectivity index (χ1n) is 4.25. The van der Waals surface area contributed by atoms with E-state index in [4.69, 9.17) is 16.1 Å². The van der Waals surface area contributed by atoms with E-state index in [9.17, 15) is 5.11 Å². The van der Waals surface area contributed by atoms with E-state index in [2.05, 4.69) is 12.2 Å². The molecule has 0 aromatic rings. The van der Waals surface area contributed by atoms with Crippen LogP contribution in [0.2, 0.25) is 0 Å². The normalized spacial score (nSPS) is 21.3.